The first-order chi connectivity index (χ1) is 8.41. The van der Waals surface area contributed by atoms with Crippen LogP contribution in [-0.4, -0.2) is 54.7 Å². The number of hydrogen-bond acceptors (Lipinski definition) is 4. The molecule has 1 aliphatic rings. The molecule has 8 heteroatoms. The van der Waals surface area contributed by atoms with Gasteiger partial charge < -0.3 is 15.4 Å². The summed E-state index contributed by atoms with van der Waals surface area (Å²) in [6.45, 7) is 1.41. The average molecular weight is 251 g/mol. The van der Waals surface area contributed by atoms with Crippen molar-refractivity contribution in [3.63, 3.8) is 0 Å². The van der Waals surface area contributed by atoms with Gasteiger partial charge in [-0.25, -0.2) is 9.07 Å². The Morgan fingerprint density at radius 3 is 2.78 bits per heavy atom. The predicted molar refractivity (Wildman–Crippen MR) is 65.8 cm³/mol. The van der Waals surface area contributed by atoms with E-state index in [9.17, 15) is 9.18 Å². The molecule has 0 bridgehead atoms. The van der Waals surface area contributed by atoms with Crippen molar-refractivity contribution in [1.29, 1.82) is 0 Å². The van der Waals surface area contributed by atoms with Crippen molar-refractivity contribution in [1.82, 2.24) is 14.6 Å². The Morgan fingerprint density at radius 1 is 1.67 bits per heavy atom. The molecule has 1 fully saturated rings. The third-order valence-electron chi connectivity index (χ3n) is 3.27. The van der Waals surface area contributed by atoms with Gasteiger partial charge in [0.25, 0.3) is 5.91 Å². The summed E-state index contributed by atoms with van der Waals surface area (Å²) in [4.78, 5) is 14.5. The van der Waals surface area contributed by atoms with Crippen LogP contribution in [0.3, 0.4) is 0 Å². The maximum absolute atomic E-state index is 14.1. The molecular weight excluding hydrogens is 236 g/mol. The van der Waals surface area contributed by atoms with Gasteiger partial charge in [0.15, 0.2) is 25.3 Å². The van der Waals surface area contributed by atoms with Gasteiger partial charge >= 0.3 is 0 Å². The van der Waals surface area contributed by atoms with E-state index >= 15 is 0 Å². The first-order valence-corrected chi connectivity index (χ1v) is 5.66. The van der Waals surface area contributed by atoms with Crippen molar-refractivity contribution in [2.24, 2.45) is 12.8 Å². The second-order valence-corrected chi connectivity index (χ2v) is 4.52. The number of halogens is 1. The molecule has 0 spiro atoms. The molecule has 96 valence electrons. The van der Waals surface area contributed by atoms with Gasteiger partial charge in [-0.3, -0.25) is 4.79 Å². The van der Waals surface area contributed by atoms with Gasteiger partial charge in [0.1, 0.15) is 0 Å². The largest absolute Gasteiger partial charge is 0.364 e. The number of aromatic nitrogens is 2. The minimum Gasteiger partial charge on any atom is -0.364 e. The zero-order chi connectivity index (χ0) is 13.4. The molecule has 0 aliphatic carbocycles. The van der Waals surface area contributed by atoms with Gasteiger partial charge in [-0.1, -0.05) is 0 Å². The van der Waals surface area contributed by atoms with Gasteiger partial charge in [-0.15, -0.1) is 0 Å². The standard InChI is InChI=1S/C10H15BFN5O/c1-15(6-3-4-17(11)5-6)10-7(12)8(9(13)18)14-16(10)2/h6H,3-5H2,1-2H3,(H2,13,18)/t6-/m0/s1. The average Bonchev–Trinajstić information content (AvgIpc) is 2.83. The molecule has 18 heavy (non-hydrogen) atoms. The number of nitrogens with two attached hydrogens (primary N) is 1. The second kappa shape index (κ2) is 4.60. The fraction of sp³-hybridized carbons (Fsp3) is 0.600. The van der Waals surface area contributed by atoms with Crippen LogP contribution in [0.4, 0.5) is 10.2 Å². The summed E-state index contributed by atoms with van der Waals surface area (Å²) < 4.78 is 15.4. The molecule has 0 unspecified atom stereocenters. The van der Waals surface area contributed by atoms with E-state index in [0.29, 0.717) is 6.54 Å². The minimum absolute atomic E-state index is 0.0978. The van der Waals surface area contributed by atoms with Crippen LogP contribution in [0.2, 0.25) is 0 Å². The minimum atomic E-state index is -0.866. The highest BCUT2D eigenvalue weighted by molar-refractivity contribution is 6.04. The van der Waals surface area contributed by atoms with Crippen molar-refractivity contribution < 1.29 is 9.18 Å². The summed E-state index contributed by atoms with van der Waals surface area (Å²) in [6.07, 6.45) is 0.837. The molecule has 1 aliphatic heterocycles. The summed E-state index contributed by atoms with van der Waals surface area (Å²) in [7, 11) is 9.03. The maximum atomic E-state index is 14.1. The number of aryl methyl sites for hydroxylation is 1. The van der Waals surface area contributed by atoms with Gasteiger partial charge in [0, 0.05) is 26.7 Å². The first-order valence-electron chi connectivity index (χ1n) is 5.66. The Balaban J connectivity index is 2.30. The van der Waals surface area contributed by atoms with E-state index in [4.69, 9.17) is 13.7 Å². The van der Waals surface area contributed by atoms with Crippen LogP contribution in [0.1, 0.15) is 16.9 Å². The van der Waals surface area contributed by atoms with E-state index < -0.39 is 11.7 Å². The molecule has 2 N–H and O–H groups in total. The smallest absolute Gasteiger partial charge is 0.272 e. The molecule has 1 atom stereocenters. The van der Waals surface area contributed by atoms with Crippen LogP contribution in [0.15, 0.2) is 0 Å². The Morgan fingerprint density at radius 2 is 2.33 bits per heavy atom. The number of hydrogen-bond donors (Lipinski definition) is 1. The number of anilines is 1. The third-order valence-corrected chi connectivity index (χ3v) is 3.27. The van der Waals surface area contributed by atoms with Gasteiger partial charge in [0.2, 0.25) is 0 Å². The van der Waals surface area contributed by atoms with Crippen molar-refractivity contribution in [3.8, 4) is 0 Å². The Bertz CT molecular complexity index is 477. The molecule has 0 saturated carbocycles. The van der Waals surface area contributed by atoms with Crippen LogP contribution >= 0.6 is 0 Å². The number of nitrogens with zero attached hydrogens (tertiary/aromatic N) is 4. The zero-order valence-electron chi connectivity index (χ0n) is 10.4. The Labute approximate surface area is 106 Å². The molecule has 2 radical (unpaired) electrons. The van der Waals surface area contributed by atoms with Crippen LogP contribution in [-0.2, 0) is 7.05 Å². The lowest BCUT2D eigenvalue weighted by Gasteiger charge is -2.26. The first kappa shape index (κ1) is 12.9. The van der Waals surface area contributed by atoms with Crippen LogP contribution in [0.5, 0.6) is 0 Å². The predicted octanol–water partition coefficient (Wildman–Crippen LogP) is -0.748. The third kappa shape index (κ3) is 2.08. The maximum Gasteiger partial charge on any atom is 0.272 e. The van der Waals surface area contributed by atoms with E-state index in [2.05, 4.69) is 5.10 Å². The molecule has 2 heterocycles. The number of rotatable bonds is 3. The summed E-state index contributed by atoms with van der Waals surface area (Å²) >= 11 is 0. The van der Waals surface area contributed by atoms with Crippen LogP contribution in [0, 0.1) is 5.82 Å². The van der Waals surface area contributed by atoms with E-state index in [1.165, 1.54) is 4.68 Å². The molecule has 0 aromatic carbocycles. The summed E-state index contributed by atoms with van der Waals surface area (Å²) in [5, 5.41) is 3.80. The molecule has 2 rings (SSSR count). The highest BCUT2D eigenvalue weighted by atomic mass is 19.1. The number of carbonyl (C=O) groups excluding carboxylic acids is 1. The fourth-order valence-electron chi connectivity index (χ4n) is 2.29. The van der Waals surface area contributed by atoms with E-state index in [1.807, 2.05) is 0 Å². The number of likely N-dealkylation sites (N-methyl/N-ethyl adjacent to an activating group) is 1. The van der Waals surface area contributed by atoms with Crippen molar-refractivity contribution in [3.05, 3.63) is 11.5 Å². The zero-order valence-corrected chi connectivity index (χ0v) is 10.4. The highest BCUT2D eigenvalue weighted by Gasteiger charge is 2.29. The number of primary amides is 1. The second-order valence-electron chi connectivity index (χ2n) is 4.52. The molecule has 1 aromatic heterocycles. The highest BCUT2D eigenvalue weighted by Crippen LogP contribution is 2.25. The van der Waals surface area contributed by atoms with E-state index in [-0.39, 0.29) is 17.6 Å². The normalized spacial score (nSPS) is 20.3. The molecule has 1 amide bonds. The lowest BCUT2D eigenvalue weighted by molar-refractivity contribution is 0.0991. The molecular formula is C10H15BFN5O. The molecule has 1 saturated heterocycles. The van der Waals surface area contributed by atoms with Crippen molar-refractivity contribution in [2.45, 2.75) is 12.5 Å². The summed E-state index contributed by atoms with van der Waals surface area (Å²) in [6, 6.07) is 0.0978. The monoisotopic (exact) mass is 251 g/mol. The van der Waals surface area contributed by atoms with E-state index in [0.717, 1.165) is 13.0 Å². The van der Waals surface area contributed by atoms with Gasteiger partial charge in [-0.2, -0.15) is 5.10 Å². The summed E-state index contributed by atoms with van der Waals surface area (Å²) in [5.41, 5.74) is 4.74. The topological polar surface area (TPSA) is 67.4 Å². The lowest BCUT2D eigenvalue weighted by atomic mass is 10.2. The quantitative estimate of drug-likeness (QED) is 0.718. The Kier molecular flexibility index (Phi) is 3.29. The van der Waals surface area contributed by atoms with Crippen molar-refractivity contribution in [2.75, 3.05) is 25.0 Å². The van der Waals surface area contributed by atoms with Crippen molar-refractivity contribution >= 4 is 19.7 Å². The lowest BCUT2D eigenvalue weighted by Crippen LogP contribution is -2.35. The van der Waals surface area contributed by atoms with Crippen LogP contribution < -0.4 is 10.6 Å². The molecule has 6 nitrogen and oxygen atoms in total. The number of amides is 1. The fourth-order valence-corrected chi connectivity index (χ4v) is 2.29. The molecule has 1 aromatic rings. The number of carbonyl (C=O) groups is 1. The van der Waals surface area contributed by atoms with Crippen LogP contribution in [0.25, 0.3) is 0 Å². The SMILES string of the molecule is [B]N1CC[C@H](N(C)c2c(F)c(C(N)=O)nn2C)C1. The summed E-state index contributed by atoms with van der Waals surface area (Å²) in [5.74, 6) is -1.29. The van der Waals surface area contributed by atoms with Gasteiger partial charge in [-0.05, 0) is 13.0 Å². The van der Waals surface area contributed by atoms with E-state index in [1.54, 1.807) is 23.8 Å². The van der Waals surface area contributed by atoms with Gasteiger partial charge in [0.05, 0.1) is 0 Å². The Hall–Kier alpha value is -1.57.